The Morgan fingerprint density at radius 2 is 1.42 bits per heavy atom. The van der Waals surface area contributed by atoms with E-state index in [1.807, 2.05) is 24.3 Å². The second-order valence-corrected chi connectivity index (χ2v) is 9.24. The van der Waals surface area contributed by atoms with Gasteiger partial charge in [0, 0.05) is 0 Å². The molecule has 104 valence electrons. The van der Waals surface area contributed by atoms with Crippen molar-refractivity contribution >= 4 is 8.32 Å². The first-order chi connectivity index (χ1) is 9.19. The van der Waals surface area contributed by atoms with E-state index in [0.29, 0.717) is 5.56 Å². The Kier molecular flexibility index (Phi) is 6.65. The van der Waals surface area contributed by atoms with Crippen molar-refractivity contribution in [2.24, 2.45) is 0 Å². The Hall–Kier alpha value is -1.27. The fraction of sp³-hybridized carbons (Fsp3) is 0.562. The molecular weight excluding hydrogens is 250 g/mol. The van der Waals surface area contributed by atoms with Crippen LogP contribution in [-0.4, -0.2) is 8.32 Å². The molecule has 0 amide bonds. The van der Waals surface area contributed by atoms with Crippen LogP contribution in [0.3, 0.4) is 0 Å². The van der Waals surface area contributed by atoms with E-state index in [4.69, 9.17) is 9.69 Å². The summed E-state index contributed by atoms with van der Waals surface area (Å²) in [6.07, 6.45) is 3.59. The quantitative estimate of drug-likeness (QED) is 0.617. The minimum absolute atomic E-state index is 0.695. The van der Waals surface area contributed by atoms with Crippen molar-refractivity contribution in [2.45, 2.75) is 58.2 Å². The second kappa shape index (κ2) is 8.01. The Bertz CT molecular complexity index is 391. The normalized spacial score (nSPS) is 11.1. The van der Waals surface area contributed by atoms with Gasteiger partial charge in [-0.1, -0.05) is 40.0 Å². The number of nitriles is 1. The van der Waals surface area contributed by atoms with Gasteiger partial charge in [-0.2, -0.15) is 5.26 Å². The van der Waals surface area contributed by atoms with E-state index in [9.17, 15) is 0 Å². The van der Waals surface area contributed by atoms with Gasteiger partial charge in [0.05, 0.1) is 11.6 Å². The first kappa shape index (κ1) is 15.8. The molecule has 19 heavy (non-hydrogen) atoms. The maximum Gasteiger partial charge on any atom is 0.251 e. The molecule has 0 unspecified atom stereocenters. The SMILES string of the molecule is CCC[Si](CCC)(CCC)Oc1ccc(C#N)cc1. The largest absolute Gasteiger partial charge is 0.543 e. The second-order valence-electron chi connectivity index (χ2n) is 5.17. The predicted octanol–water partition coefficient (Wildman–Crippen LogP) is 5.11. The highest BCUT2D eigenvalue weighted by molar-refractivity contribution is 6.74. The molecule has 0 N–H and O–H groups in total. The minimum atomic E-state index is -1.65. The maximum absolute atomic E-state index is 8.83. The average Bonchev–Trinajstić information content (AvgIpc) is 2.40. The van der Waals surface area contributed by atoms with Crippen LogP contribution in [0, 0.1) is 11.3 Å². The summed E-state index contributed by atoms with van der Waals surface area (Å²) in [7, 11) is -1.65. The standard InChI is InChI=1S/C16H25NOSi/c1-4-11-19(12-5-2,13-6-3)18-16-9-7-15(14-17)8-10-16/h7-10H,4-6,11-13H2,1-3H3. The molecule has 0 fully saturated rings. The van der Waals surface area contributed by atoms with Gasteiger partial charge in [0.25, 0.3) is 8.32 Å². The molecule has 2 nitrogen and oxygen atoms in total. The van der Waals surface area contributed by atoms with E-state index in [1.54, 1.807) is 0 Å². The minimum Gasteiger partial charge on any atom is -0.543 e. The van der Waals surface area contributed by atoms with Crippen LogP contribution in [0.25, 0.3) is 0 Å². The number of hydrogen-bond acceptors (Lipinski definition) is 2. The monoisotopic (exact) mass is 275 g/mol. The van der Waals surface area contributed by atoms with Crippen LogP contribution >= 0.6 is 0 Å². The van der Waals surface area contributed by atoms with Gasteiger partial charge >= 0.3 is 0 Å². The van der Waals surface area contributed by atoms with E-state index >= 15 is 0 Å². The van der Waals surface area contributed by atoms with Crippen molar-refractivity contribution in [3.8, 4) is 11.8 Å². The highest BCUT2D eigenvalue weighted by Gasteiger charge is 2.34. The molecule has 0 aliphatic carbocycles. The van der Waals surface area contributed by atoms with Crippen LogP contribution < -0.4 is 4.43 Å². The zero-order valence-electron chi connectivity index (χ0n) is 12.4. The summed E-state index contributed by atoms with van der Waals surface area (Å²) in [5, 5.41) is 8.83. The van der Waals surface area contributed by atoms with Gasteiger partial charge in [0.1, 0.15) is 5.75 Å². The Balaban J connectivity index is 2.87. The molecule has 0 aliphatic rings. The van der Waals surface area contributed by atoms with Crippen LogP contribution in [-0.2, 0) is 0 Å². The van der Waals surface area contributed by atoms with Gasteiger partial charge in [0.2, 0.25) is 0 Å². The van der Waals surface area contributed by atoms with Crippen molar-refractivity contribution in [3.05, 3.63) is 29.8 Å². The lowest BCUT2D eigenvalue weighted by molar-refractivity contribution is 0.519. The molecule has 0 saturated carbocycles. The lowest BCUT2D eigenvalue weighted by Gasteiger charge is -2.31. The molecule has 0 heterocycles. The molecule has 0 spiro atoms. The predicted molar refractivity (Wildman–Crippen MR) is 82.8 cm³/mol. The first-order valence-corrected chi connectivity index (χ1v) is 9.91. The summed E-state index contributed by atoms with van der Waals surface area (Å²) in [4.78, 5) is 0. The highest BCUT2D eigenvalue weighted by atomic mass is 28.4. The molecule has 1 aromatic rings. The number of benzene rings is 1. The van der Waals surface area contributed by atoms with Gasteiger partial charge in [0.15, 0.2) is 0 Å². The van der Waals surface area contributed by atoms with Crippen molar-refractivity contribution < 1.29 is 4.43 Å². The van der Waals surface area contributed by atoms with Crippen LogP contribution in [0.1, 0.15) is 45.6 Å². The number of hydrogen-bond donors (Lipinski definition) is 0. The van der Waals surface area contributed by atoms with E-state index < -0.39 is 8.32 Å². The van der Waals surface area contributed by atoms with Gasteiger partial charge < -0.3 is 4.43 Å². The molecule has 0 radical (unpaired) electrons. The fourth-order valence-electron chi connectivity index (χ4n) is 2.74. The molecule has 1 aromatic carbocycles. The Labute approximate surface area is 118 Å². The molecule has 3 heteroatoms. The molecular formula is C16H25NOSi. The van der Waals surface area contributed by atoms with Crippen molar-refractivity contribution in [2.75, 3.05) is 0 Å². The lowest BCUT2D eigenvalue weighted by atomic mass is 10.2. The summed E-state index contributed by atoms with van der Waals surface area (Å²) in [5.74, 6) is 0.945. The molecule has 0 bridgehead atoms. The van der Waals surface area contributed by atoms with Crippen LogP contribution in [0.4, 0.5) is 0 Å². The smallest absolute Gasteiger partial charge is 0.251 e. The average molecular weight is 275 g/mol. The van der Waals surface area contributed by atoms with Crippen molar-refractivity contribution in [1.82, 2.24) is 0 Å². The zero-order chi connectivity index (χ0) is 14.1. The number of rotatable bonds is 8. The third-order valence-electron chi connectivity index (χ3n) is 3.43. The molecule has 0 atom stereocenters. The fourth-order valence-corrected chi connectivity index (χ4v) is 7.17. The number of nitrogens with zero attached hydrogens (tertiary/aromatic N) is 1. The van der Waals surface area contributed by atoms with E-state index in [-0.39, 0.29) is 0 Å². The summed E-state index contributed by atoms with van der Waals surface area (Å²) in [6.45, 7) is 6.74. The first-order valence-electron chi connectivity index (χ1n) is 7.39. The summed E-state index contributed by atoms with van der Waals surface area (Å²) in [5.41, 5.74) is 0.695. The molecule has 0 saturated heterocycles. The maximum atomic E-state index is 8.83. The van der Waals surface area contributed by atoms with Crippen LogP contribution in [0.15, 0.2) is 24.3 Å². The van der Waals surface area contributed by atoms with E-state index in [2.05, 4.69) is 26.8 Å². The molecule has 1 rings (SSSR count). The Morgan fingerprint density at radius 3 is 1.79 bits per heavy atom. The topological polar surface area (TPSA) is 33.0 Å². The van der Waals surface area contributed by atoms with Crippen molar-refractivity contribution in [1.29, 1.82) is 5.26 Å². The highest BCUT2D eigenvalue weighted by Crippen LogP contribution is 2.29. The van der Waals surface area contributed by atoms with Gasteiger partial charge in [-0.25, -0.2) is 0 Å². The summed E-state index contributed by atoms with van der Waals surface area (Å²) in [6, 6.07) is 13.4. The van der Waals surface area contributed by atoms with Crippen molar-refractivity contribution in [3.63, 3.8) is 0 Å². The Morgan fingerprint density at radius 1 is 0.947 bits per heavy atom. The van der Waals surface area contributed by atoms with Crippen LogP contribution in [0.5, 0.6) is 5.75 Å². The van der Waals surface area contributed by atoms with Gasteiger partial charge in [-0.05, 0) is 42.4 Å². The van der Waals surface area contributed by atoms with Crippen LogP contribution in [0.2, 0.25) is 18.1 Å². The third-order valence-corrected chi connectivity index (χ3v) is 8.34. The summed E-state index contributed by atoms with van der Waals surface area (Å²) >= 11 is 0. The summed E-state index contributed by atoms with van der Waals surface area (Å²) < 4.78 is 6.45. The van der Waals surface area contributed by atoms with Gasteiger partial charge in [-0.3, -0.25) is 0 Å². The van der Waals surface area contributed by atoms with E-state index in [0.717, 1.165) is 5.75 Å². The van der Waals surface area contributed by atoms with E-state index in [1.165, 1.54) is 37.4 Å². The zero-order valence-corrected chi connectivity index (χ0v) is 13.4. The third kappa shape index (κ3) is 4.72. The molecule has 0 aliphatic heterocycles. The molecule has 0 aromatic heterocycles. The van der Waals surface area contributed by atoms with Gasteiger partial charge in [-0.15, -0.1) is 0 Å². The lowest BCUT2D eigenvalue weighted by Crippen LogP contribution is -2.41.